The van der Waals surface area contributed by atoms with Crippen LogP contribution in [-0.2, 0) is 9.59 Å². The molecule has 4 aliphatic rings. The molecule has 1 unspecified atom stereocenters. The Labute approximate surface area is 157 Å². The van der Waals surface area contributed by atoms with Crippen LogP contribution in [0.4, 0.5) is 4.39 Å². The van der Waals surface area contributed by atoms with Crippen molar-refractivity contribution in [2.24, 2.45) is 28.6 Å². The number of aliphatic hydroxyl groups excluding tert-OH is 2. The molecule has 0 radical (unpaired) electrons. The normalized spacial score (nSPS) is 48.3. The second-order valence-corrected chi connectivity index (χ2v) is 8.97. The van der Waals surface area contributed by atoms with Crippen LogP contribution >= 0.6 is 0 Å². The zero-order chi connectivity index (χ0) is 19.8. The van der Waals surface area contributed by atoms with Crippen molar-refractivity contribution in [1.82, 2.24) is 0 Å². The Morgan fingerprint density at radius 1 is 1.37 bits per heavy atom. The van der Waals surface area contributed by atoms with Crippen LogP contribution in [0.2, 0.25) is 0 Å². The molecule has 7 atom stereocenters. The third kappa shape index (κ3) is 2.20. The van der Waals surface area contributed by atoms with Crippen LogP contribution in [0.1, 0.15) is 33.1 Å². The Balaban J connectivity index is 1.84. The van der Waals surface area contributed by atoms with Gasteiger partial charge in [0.15, 0.2) is 11.6 Å². The third-order valence-corrected chi connectivity index (χ3v) is 7.86. The smallest absolute Gasteiger partial charge is 0.190 e. The molecule has 0 aromatic heterocycles. The van der Waals surface area contributed by atoms with E-state index in [4.69, 9.17) is 0 Å². The Morgan fingerprint density at radius 3 is 2.74 bits per heavy atom. The van der Waals surface area contributed by atoms with E-state index in [9.17, 15) is 29.3 Å². The highest BCUT2D eigenvalue weighted by molar-refractivity contribution is 6.01. The van der Waals surface area contributed by atoms with Crippen molar-refractivity contribution in [1.29, 1.82) is 0 Å². The van der Waals surface area contributed by atoms with Gasteiger partial charge in [0, 0.05) is 22.3 Å². The molecule has 2 saturated carbocycles. The number of ketones is 2. The van der Waals surface area contributed by atoms with E-state index in [0.29, 0.717) is 12.0 Å². The van der Waals surface area contributed by atoms with Gasteiger partial charge in [-0.05, 0) is 49.3 Å². The highest BCUT2D eigenvalue weighted by Gasteiger charge is 2.68. The molecule has 0 saturated heterocycles. The van der Waals surface area contributed by atoms with Crippen LogP contribution in [0, 0.1) is 28.6 Å². The number of fused-ring (bicyclic) bond motifs is 5. The molecule has 0 heterocycles. The maximum Gasteiger partial charge on any atom is 0.190 e. The van der Waals surface area contributed by atoms with Crippen molar-refractivity contribution in [2.45, 2.75) is 44.8 Å². The molecule has 6 heteroatoms. The van der Waals surface area contributed by atoms with Gasteiger partial charge in [-0.25, -0.2) is 4.39 Å². The molecule has 0 spiro atoms. The first-order chi connectivity index (χ1) is 12.6. The topological polar surface area (TPSA) is 94.8 Å². The Morgan fingerprint density at radius 2 is 2.07 bits per heavy atom. The summed E-state index contributed by atoms with van der Waals surface area (Å²) in [5, 5.41) is 31.5. The number of Topliss-reactive ketones (excluding diaryl/α,β-unsaturated/α-hetero) is 1. The molecule has 3 N–H and O–H groups in total. The maximum atomic E-state index is 15.0. The van der Waals surface area contributed by atoms with E-state index >= 15 is 0 Å². The average Bonchev–Trinajstić information content (AvgIpc) is 2.87. The monoisotopic (exact) mass is 376 g/mol. The molecule has 0 aromatic carbocycles. The van der Waals surface area contributed by atoms with Gasteiger partial charge in [0.05, 0.1) is 6.10 Å². The standard InChI is InChI=1S/C21H25FO5/c1-19-5-3-11(24)7-14(19)15(22)8-12-13-4-6-21(27,17(26)10-23)20(13,2)9-16(25)18(12)19/h3,5,7-8,12-13,16,18,23,25,27H,4,6,9-10H2,1-2H3/t12-,13-,16?,18+,19-,20-,21-/m0/s1. The molecular weight excluding hydrogens is 351 g/mol. The fourth-order valence-corrected chi connectivity index (χ4v) is 6.46. The molecule has 4 rings (SSSR count). The molecule has 0 bridgehead atoms. The van der Waals surface area contributed by atoms with Crippen molar-refractivity contribution in [3.63, 3.8) is 0 Å². The number of hydrogen-bond donors (Lipinski definition) is 3. The van der Waals surface area contributed by atoms with E-state index in [0.717, 1.165) is 0 Å². The number of aliphatic hydroxyl groups is 3. The van der Waals surface area contributed by atoms with Gasteiger partial charge >= 0.3 is 0 Å². The van der Waals surface area contributed by atoms with E-state index in [1.165, 1.54) is 18.2 Å². The highest BCUT2D eigenvalue weighted by atomic mass is 19.1. The van der Waals surface area contributed by atoms with Gasteiger partial charge in [-0.3, -0.25) is 9.59 Å². The lowest BCUT2D eigenvalue weighted by molar-refractivity contribution is -0.172. The predicted molar refractivity (Wildman–Crippen MR) is 95.0 cm³/mol. The molecule has 27 heavy (non-hydrogen) atoms. The second kappa shape index (κ2) is 5.69. The number of carbonyl (C=O) groups excluding carboxylic acids is 2. The molecule has 5 nitrogen and oxygen atoms in total. The fourth-order valence-electron chi connectivity index (χ4n) is 6.46. The Hall–Kier alpha value is -1.63. The first-order valence-corrected chi connectivity index (χ1v) is 9.46. The molecule has 0 amide bonds. The Kier molecular flexibility index (Phi) is 3.94. The summed E-state index contributed by atoms with van der Waals surface area (Å²) < 4.78 is 15.0. The van der Waals surface area contributed by atoms with Crippen LogP contribution < -0.4 is 0 Å². The molecular formula is C21H25FO5. The van der Waals surface area contributed by atoms with Crippen LogP contribution in [-0.4, -0.2) is 45.2 Å². The first kappa shape index (κ1) is 18.7. The van der Waals surface area contributed by atoms with Crippen LogP contribution in [0.25, 0.3) is 0 Å². The predicted octanol–water partition coefficient (Wildman–Crippen LogP) is 1.63. The van der Waals surface area contributed by atoms with Crippen LogP contribution in [0.15, 0.2) is 35.7 Å². The molecule has 0 aliphatic heterocycles. The second-order valence-electron chi connectivity index (χ2n) is 8.97. The van der Waals surface area contributed by atoms with Crippen molar-refractivity contribution in [3.05, 3.63) is 35.7 Å². The summed E-state index contributed by atoms with van der Waals surface area (Å²) in [4.78, 5) is 24.1. The van der Waals surface area contributed by atoms with Crippen LogP contribution in [0.3, 0.4) is 0 Å². The summed E-state index contributed by atoms with van der Waals surface area (Å²) in [5.74, 6) is -2.33. The molecule has 2 fully saturated rings. The summed E-state index contributed by atoms with van der Waals surface area (Å²) in [6, 6.07) is 0. The number of allylic oxidation sites excluding steroid dienone is 6. The SMILES string of the molecule is C[C@]12C=CC(=O)C=C1C(F)=C[C@@H]1[C@@H]2C(O)C[C@@]2(C)[C@H]1CC[C@]2(O)C(=O)CO. The largest absolute Gasteiger partial charge is 0.393 e. The van der Waals surface area contributed by atoms with Gasteiger partial charge in [0.2, 0.25) is 0 Å². The Bertz CT molecular complexity index is 813. The van der Waals surface area contributed by atoms with E-state index in [-0.39, 0.29) is 36.4 Å². The molecule has 146 valence electrons. The minimum absolute atomic E-state index is 0.182. The minimum atomic E-state index is -1.72. The summed E-state index contributed by atoms with van der Waals surface area (Å²) in [6.45, 7) is 2.83. The van der Waals surface area contributed by atoms with Gasteiger partial charge in [0.25, 0.3) is 0 Å². The lowest BCUT2D eigenvalue weighted by Gasteiger charge is -2.57. The summed E-state index contributed by atoms with van der Waals surface area (Å²) >= 11 is 0. The fraction of sp³-hybridized carbons (Fsp3) is 0.619. The minimum Gasteiger partial charge on any atom is -0.393 e. The van der Waals surface area contributed by atoms with Crippen molar-refractivity contribution in [3.8, 4) is 0 Å². The van der Waals surface area contributed by atoms with Gasteiger partial charge in [-0.15, -0.1) is 0 Å². The number of halogens is 1. The quantitative estimate of drug-likeness (QED) is 0.681. The van der Waals surface area contributed by atoms with Crippen LogP contribution in [0.5, 0.6) is 0 Å². The average molecular weight is 376 g/mol. The van der Waals surface area contributed by atoms with Gasteiger partial charge in [0.1, 0.15) is 18.0 Å². The molecule has 0 aromatic rings. The van der Waals surface area contributed by atoms with Crippen molar-refractivity contribution >= 4 is 11.6 Å². The number of carbonyl (C=O) groups is 2. The van der Waals surface area contributed by atoms with Crippen molar-refractivity contribution in [2.75, 3.05) is 6.61 Å². The van der Waals surface area contributed by atoms with E-state index in [1.807, 2.05) is 6.92 Å². The third-order valence-electron chi connectivity index (χ3n) is 7.86. The maximum absolute atomic E-state index is 15.0. The zero-order valence-corrected chi connectivity index (χ0v) is 15.5. The van der Waals surface area contributed by atoms with Gasteiger partial charge in [-0.2, -0.15) is 0 Å². The lowest BCUT2D eigenvalue weighted by atomic mass is 9.47. The van der Waals surface area contributed by atoms with Crippen molar-refractivity contribution < 1.29 is 29.3 Å². The lowest BCUT2D eigenvalue weighted by Crippen LogP contribution is -2.61. The van der Waals surface area contributed by atoms with Gasteiger partial charge in [-0.1, -0.05) is 19.9 Å². The number of rotatable bonds is 2. The summed E-state index contributed by atoms with van der Waals surface area (Å²) in [6.07, 6.45) is 5.85. The zero-order valence-electron chi connectivity index (χ0n) is 15.5. The van der Waals surface area contributed by atoms with E-state index in [1.54, 1.807) is 13.0 Å². The van der Waals surface area contributed by atoms with Gasteiger partial charge < -0.3 is 15.3 Å². The van der Waals surface area contributed by atoms with E-state index < -0.39 is 40.8 Å². The highest BCUT2D eigenvalue weighted by Crippen LogP contribution is 2.66. The summed E-state index contributed by atoms with van der Waals surface area (Å²) in [5.41, 5.74) is -3.20. The first-order valence-electron chi connectivity index (χ1n) is 9.46. The number of hydrogen-bond acceptors (Lipinski definition) is 5. The van der Waals surface area contributed by atoms with E-state index in [2.05, 4.69) is 0 Å². The summed E-state index contributed by atoms with van der Waals surface area (Å²) in [7, 11) is 0. The molecule has 4 aliphatic carbocycles.